The fourth-order valence-electron chi connectivity index (χ4n) is 3.50. The Morgan fingerprint density at radius 1 is 0.885 bits per heavy atom. The fourth-order valence-corrected chi connectivity index (χ4v) is 3.50. The number of benzene rings is 1. The number of amides is 3. The maximum Gasteiger partial charge on any atom is 0.312 e. The number of hydrogen-bond acceptors (Lipinski definition) is 4. The Kier molecular flexibility index (Phi) is 5.39. The number of likely N-dealkylation sites (tertiary alicyclic amines) is 1. The summed E-state index contributed by atoms with van der Waals surface area (Å²) < 4.78 is 13.9. The van der Waals surface area contributed by atoms with Gasteiger partial charge in [-0.3, -0.25) is 14.4 Å². The van der Waals surface area contributed by atoms with Crippen LogP contribution in [-0.4, -0.2) is 66.8 Å². The van der Waals surface area contributed by atoms with Gasteiger partial charge in [-0.25, -0.2) is 4.39 Å². The summed E-state index contributed by atoms with van der Waals surface area (Å²) in [5, 5.41) is 0. The van der Waals surface area contributed by atoms with Crippen molar-refractivity contribution in [1.82, 2.24) is 9.80 Å². The molecule has 1 aromatic rings. The minimum Gasteiger partial charge on any atom is -0.369 e. The van der Waals surface area contributed by atoms with Crippen molar-refractivity contribution in [3.8, 4) is 0 Å². The molecule has 0 saturated carbocycles. The Hall–Kier alpha value is -2.64. The quantitative estimate of drug-likeness (QED) is 0.762. The van der Waals surface area contributed by atoms with Crippen LogP contribution in [0.1, 0.15) is 12.8 Å². The highest BCUT2D eigenvalue weighted by atomic mass is 19.1. The molecule has 26 heavy (non-hydrogen) atoms. The van der Waals surface area contributed by atoms with E-state index >= 15 is 0 Å². The minimum atomic E-state index is -0.535. The van der Waals surface area contributed by atoms with E-state index in [0.717, 1.165) is 0 Å². The number of nitrogens with two attached hydrogens (primary N) is 1. The highest BCUT2D eigenvalue weighted by Gasteiger charge is 2.33. The van der Waals surface area contributed by atoms with E-state index in [4.69, 9.17) is 5.73 Å². The highest BCUT2D eigenvalue weighted by molar-refractivity contribution is 6.35. The first-order valence-corrected chi connectivity index (χ1v) is 8.84. The SMILES string of the molecule is NC(=O)C1CCN(C(=O)C(=O)N2CCN(c3ccccc3F)CC2)CC1. The Balaban J connectivity index is 1.53. The van der Waals surface area contributed by atoms with Gasteiger partial charge in [0.2, 0.25) is 5.91 Å². The van der Waals surface area contributed by atoms with Crippen LogP contribution >= 0.6 is 0 Å². The number of carbonyl (C=O) groups is 3. The molecule has 0 spiro atoms. The maximum atomic E-state index is 13.9. The van der Waals surface area contributed by atoms with E-state index in [1.807, 2.05) is 4.90 Å². The first-order chi connectivity index (χ1) is 12.5. The third-order valence-corrected chi connectivity index (χ3v) is 5.13. The smallest absolute Gasteiger partial charge is 0.312 e. The number of piperazine rings is 1. The zero-order valence-electron chi connectivity index (χ0n) is 14.6. The van der Waals surface area contributed by atoms with E-state index in [1.165, 1.54) is 15.9 Å². The van der Waals surface area contributed by atoms with Crippen molar-refractivity contribution in [1.29, 1.82) is 0 Å². The molecule has 2 heterocycles. The summed E-state index contributed by atoms with van der Waals surface area (Å²) in [5.41, 5.74) is 5.80. The van der Waals surface area contributed by atoms with Crippen LogP contribution in [0.2, 0.25) is 0 Å². The summed E-state index contributed by atoms with van der Waals surface area (Å²) in [6.07, 6.45) is 0.991. The number of primary amides is 1. The Morgan fingerprint density at radius 2 is 1.42 bits per heavy atom. The van der Waals surface area contributed by atoms with Crippen molar-refractivity contribution >= 4 is 23.4 Å². The molecule has 0 atom stereocenters. The van der Waals surface area contributed by atoms with Gasteiger partial charge in [0.1, 0.15) is 5.82 Å². The van der Waals surface area contributed by atoms with Gasteiger partial charge >= 0.3 is 11.8 Å². The van der Waals surface area contributed by atoms with Crippen LogP contribution in [0.15, 0.2) is 24.3 Å². The second-order valence-corrected chi connectivity index (χ2v) is 6.70. The third-order valence-electron chi connectivity index (χ3n) is 5.13. The standard InChI is InChI=1S/C18H23FN4O3/c19-14-3-1-2-4-15(14)21-9-11-23(12-10-21)18(26)17(25)22-7-5-13(6-8-22)16(20)24/h1-4,13H,5-12H2,(H2,20,24). The van der Waals surface area contributed by atoms with E-state index in [9.17, 15) is 18.8 Å². The lowest BCUT2D eigenvalue weighted by Crippen LogP contribution is -2.54. The molecule has 2 N–H and O–H groups in total. The van der Waals surface area contributed by atoms with Gasteiger partial charge in [-0.15, -0.1) is 0 Å². The topological polar surface area (TPSA) is 86.9 Å². The Labute approximate surface area is 151 Å². The Morgan fingerprint density at radius 3 is 1.96 bits per heavy atom. The molecular formula is C18H23FN4O3. The molecule has 7 nitrogen and oxygen atoms in total. The largest absolute Gasteiger partial charge is 0.369 e. The molecule has 2 fully saturated rings. The van der Waals surface area contributed by atoms with E-state index in [0.29, 0.717) is 57.8 Å². The van der Waals surface area contributed by atoms with Crippen molar-refractivity contribution in [3.63, 3.8) is 0 Å². The number of halogens is 1. The van der Waals surface area contributed by atoms with E-state index < -0.39 is 11.8 Å². The zero-order chi connectivity index (χ0) is 18.7. The summed E-state index contributed by atoms with van der Waals surface area (Å²) in [4.78, 5) is 41.0. The lowest BCUT2D eigenvalue weighted by molar-refractivity contribution is -0.153. The molecule has 0 aliphatic carbocycles. The highest BCUT2D eigenvalue weighted by Crippen LogP contribution is 2.21. The first-order valence-electron chi connectivity index (χ1n) is 8.84. The molecule has 1 aromatic carbocycles. The molecule has 0 bridgehead atoms. The zero-order valence-corrected chi connectivity index (χ0v) is 14.6. The molecular weight excluding hydrogens is 339 g/mol. The number of nitrogens with zero attached hydrogens (tertiary/aromatic N) is 3. The van der Waals surface area contributed by atoms with Gasteiger partial charge in [0, 0.05) is 45.2 Å². The van der Waals surface area contributed by atoms with Gasteiger partial charge in [0.05, 0.1) is 5.69 Å². The molecule has 2 aliphatic heterocycles. The van der Waals surface area contributed by atoms with Gasteiger partial charge in [0.15, 0.2) is 0 Å². The van der Waals surface area contributed by atoms with Gasteiger partial charge < -0.3 is 20.4 Å². The fraction of sp³-hybridized carbons (Fsp3) is 0.500. The number of rotatable bonds is 2. The van der Waals surface area contributed by atoms with Crippen LogP contribution in [-0.2, 0) is 14.4 Å². The normalized spacial score (nSPS) is 18.7. The van der Waals surface area contributed by atoms with Gasteiger partial charge in [-0.2, -0.15) is 0 Å². The number of anilines is 1. The molecule has 3 amide bonds. The third kappa shape index (κ3) is 3.79. The molecule has 0 aromatic heterocycles. The molecule has 0 radical (unpaired) electrons. The van der Waals surface area contributed by atoms with E-state index in [-0.39, 0.29) is 17.6 Å². The Bertz CT molecular complexity index is 695. The summed E-state index contributed by atoms with van der Waals surface area (Å²) in [6.45, 7) is 2.43. The lowest BCUT2D eigenvalue weighted by Gasteiger charge is -2.37. The van der Waals surface area contributed by atoms with Crippen molar-refractivity contribution in [3.05, 3.63) is 30.1 Å². The van der Waals surface area contributed by atoms with Crippen molar-refractivity contribution < 1.29 is 18.8 Å². The second kappa shape index (κ2) is 7.72. The predicted octanol–water partition coefficient (Wildman–Crippen LogP) is 0.198. The molecule has 3 rings (SSSR count). The number of piperidine rings is 1. The average Bonchev–Trinajstić information content (AvgIpc) is 2.67. The predicted molar refractivity (Wildman–Crippen MR) is 93.7 cm³/mol. The first kappa shape index (κ1) is 18.2. The van der Waals surface area contributed by atoms with Gasteiger partial charge in [-0.1, -0.05) is 12.1 Å². The minimum absolute atomic E-state index is 0.224. The van der Waals surface area contributed by atoms with Crippen molar-refractivity contribution in [2.75, 3.05) is 44.2 Å². The number of hydrogen-bond donors (Lipinski definition) is 1. The average molecular weight is 362 g/mol. The molecule has 2 saturated heterocycles. The van der Waals surface area contributed by atoms with Gasteiger partial charge in [0.25, 0.3) is 0 Å². The molecule has 140 valence electrons. The van der Waals surface area contributed by atoms with Crippen LogP contribution < -0.4 is 10.6 Å². The summed E-state index contributed by atoms with van der Waals surface area (Å²) in [6, 6.07) is 6.53. The lowest BCUT2D eigenvalue weighted by atomic mass is 9.96. The van der Waals surface area contributed by atoms with Crippen LogP contribution in [0.5, 0.6) is 0 Å². The molecule has 8 heteroatoms. The monoisotopic (exact) mass is 362 g/mol. The summed E-state index contributed by atoms with van der Waals surface area (Å²) in [5.74, 6) is -1.94. The molecule has 2 aliphatic rings. The number of para-hydroxylation sites is 1. The van der Waals surface area contributed by atoms with Crippen molar-refractivity contribution in [2.45, 2.75) is 12.8 Å². The van der Waals surface area contributed by atoms with Crippen LogP contribution in [0, 0.1) is 11.7 Å². The van der Waals surface area contributed by atoms with E-state index in [2.05, 4.69) is 0 Å². The maximum absolute atomic E-state index is 13.9. The van der Waals surface area contributed by atoms with Gasteiger partial charge in [-0.05, 0) is 25.0 Å². The second-order valence-electron chi connectivity index (χ2n) is 6.70. The van der Waals surface area contributed by atoms with Crippen molar-refractivity contribution in [2.24, 2.45) is 11.7 Å². The van der Waals surface area contributed by atoms with Crippen LogP contribution in [0.25, 0.3) is 0 Å². The summed E-state index contributed by atoms with van der Waals surface area (Å²) >= 11 is 0. The summed E-state index contributed by atoms with van der Waals surface area (Å²) in [7, 11) is 0. The van der Waals surface area contributed by atoms with Crippen LogP contribution in [0.4, 0.5) is 10.1 Å². The number of carbonyl (C=O) groups excluding carboxylic acids is 3. The van der Waals surface area contributed by atoms with E-state index in [1.54, 1.807) is 18.2 Å². The van der Waals surface area contributed by atoms with Crippen LogP contribution in [0.3, 0.4) is 0 Å². The molecule has 0 unspecified atom stereocenters.